The third kappa shape index (κ3) is 5.05. The van der Waals surface area contributed by atoms with Crippen LogP contribution in [0.2, 0.25) is 10.0 Å². The van der Waals surface area contributed by atoms with Crippen LogP contribution in [0.3, 0.4) is 0 Å². The standard InChI is InChI=1S/C19H13Cl2N3O2S2/c20-13-3-1-12(2-4-13)18-23-24-19(26-18)28-11-15-10-27-17(22-15)9-25-16-7-5-14(21)6-8-16/h1-8,10H,9,11H2. The zero-order chi connectivity index (χ0) is 19.3. The molecule has 2 aromatic heterocycles. The van der Waals surface area contributed by atoms with Crippen molar-refractivity contribution in [2.75, 3.05) is 0 Å². The average Bonchev–Trinajstić information content (AvgIpc) is 3.36. The number of benzene rings is 2. The molecule has 142 valence electrons. The van der Waals surface area contributed by atoms with Gasteiger partial charge in [-0.1, -0.05) is 35.0 Å². The van der Waals surface area contributed by atoms with Crippen LogP contribution in [0.5, 0.6) is 5.75 Å². The van der Waals surface area contributed by atoms with Crippen LogP contribution in [-0.4, -0.2) is 15.2 Å². The molecule has 0 bridgehead atoms. The molecule has 4 aromatic rings. The van der Waals surface area contributed by atoms with E-state index in [4.69, 9.17) is 32.4 Å². The van der Waals surface area contributed by atoms with E-state index in [1.807, 2.05) is 29.6 Å². The predicted octanol–water partition coefficient (Wildman–Crippen LogP) is 6.37. The van der Waals surface area contributed by atoms with Crippen molar-refractivity contribution < 1.29 is 9.15 Å². The first-order chi connectivity index (χ1) is 13.7. The Morgan fingerprint density at radius 2 is 1.68 bits per heavy atom. The van der Waals surface area contributed by atoms with Crippen LogP contribution >= 0.6 is 46.3 Å². The second kappa shape index (κ2) is 8.96. The SMILES string of the molecule is Clc1ccc(OCc2nc(CSc3nnc(-c4ccc(Cl)cc4)o3)cs2)cc1. The minimum Gasteiger partial charge on any atom is -0.486 e. The minimum absolute atomic E-state index is 0.415. The highest BCUT2D eigenvalue weighted by molar-refractivity contribution is 7.98. The van der Waals surface area contributed by atoms with Crippen molar-refractivity contribution in [1.82, 2.24) is 15.2 Å². The number of thiazole rings is 1. The highest BCUT2D eigenvalue weighted by atomic mass is 35.5. The van der Waals surface area contributed by atoms with E-state index in [-0.39, 0.29) is 0 Å². The first-order valence-electron chi connectivity index (χ1n) is 8.19. The zero-order valence-corrected chi connectivity index (χ0v) is 17.5. The summed E-state index contributed by atoms with van der Waals surface area (Å²) in [5.74, 6) is 1.87. The molecular formula is C19H13Cl2N3O2S2. The Kier molecular flexibility index (Phi) is 6.17. The van der Waals surface area contributed by atoms with Gasteiger partial charge in [0.05, 0.1) is 5.69 Å². The summed E-state index contributed by atoms with van der Waals surface area (Å²) in [7, 11) is 0. The van der Waals surface area contributed by atoms with Crippen LogP contribution in [0.4, 0.5) is 0 Å². The lowest BCUT2D eigenvalue weighted by atomic mass is 10.2. The normalized spacial score (nSPS) is 10.9. The van der Waals surface area contributed by atoms with E-state index in [1.165, 1.54) is 11.8 Å². The summed E-state index contributed by atoms with van der Waals surface area (Å²) in [5.41, 5.74) is 1.77. The molecule has 5 nitrogen and oxygen atoms in total. The first-order valence-corrected chi connectivity index (χ1v) is 10.8. The molecular weight excluding hydrogens is 437 g/mol. The molecule has 0 aliphatic rings. The van der Waals surface area contributed by atoms with Crippen molar-refractivity contribution in [2.45, 2.75) is 17.6 Å². The second-order valence-electron chi connectivity index (χ2n) is 5.64. The van der Waals surface area contributed by atoms with Crippen LogP contribution in [0.25, 0.3) is 11.5 Å². The van der Waals surface area contributed by atoms with Crippen molar-refractivity contribution in [1.29, 1.82) is 0 Å². The Morgan fingerprint density at radius 3 is 2.43 bits per heavy atom. The fourth-order valence-electron chi connectivity index (χ4n) is 2.27. The number of ether oxygens (including phenoxy) is 1. The quantitative estimate of drug-likeness (QED) is 0.305. The number of rotatable bonds is 7. The van der Waals surface area contributed by atoms with Gasteiger partial charge >= 0.3 is 0 Å². The molecule has 0 aliphatic heterocycles. The van der Waals surface area contributed by atoms with Gasteiger partial charge in [0.25, 0.3) is 5.22 Å². The van der Waals surface area contributed by atoms with Gasteiger partial charge in [-0.2, -0.15) is 0 Å². The van der Waals surface area contributed by atoms with Crippen molar-refractivity contribution in [3.05, 3.63) is 74.7 Å². The van der Waals surface area contributed by atoms with Gasteiger partial charge in [-0.15, -0.1) is 21.5 Å². The smallest absolute Gasteiger partial charge is 0.277 e. The number of nitrogens with zero attached hydrogens (tertiary/aromatic N) is 3. The number of halogens is 2. The van der Waals surface area contributed by atoms with Crippen LogP contribution in [0.1, 0.15) is 10.7 Å². The highest BCUT2D eigenvalue weighted by Crippen LogP contribution is 2.27. The zero-order valence-electron chi connectivity index (χ0n) is 14.3. The molecule has 2 aromatic carbocycles. The van der Waals surface area contributed by atoms with Gasteiger partial charge in [-0.3, -0.25) is 0 Å². The summed E-state index contributed by atoms with van der Waals surface area (Å²) in [6.07, 6.45) is 0. The lowest BCUT2D eigenvalue weighted by Crippen LogP contribution is -1.95. The predicted molar refractivity (Wildman–Crippen MR) is 112 cm³/mol. The summed E-state index contributed by atoms with van der Waals surface area (Å²) in [6, 6.07) is 14.5. The first kappa shape index (κ1) is 19.3. The summed E-state index contributed by atoms with van der Waals surface area (Å²) < 4.78 is 11.4. The van der Waals surface area contributed by atoms with E-state index < -0.39 is 0 Å². The maximum absolute atomic E-state index is 5.90. The molecule has 0 saturated carbocycles. The molecule has 0 unspecified atom stereocenters. The van der Waals surface area contributed by atoms with E-state index in [2.05, 4.69) is 15.2 Å². The summed E-state index contributed by atoms with van der Waals surface area (Å²) in [5, 5.41) is 12.9. The van der Waals surface area contributed by atoms with Gasteiger partial charge in [0.2, 0.25) is 5.89 Å². The third-order valence-corrected chi connectivity index (χ3v) is 5.84. The number of hydrogen-bond acceptors (Lipinski definition) is 7. The average molecular weight is 450 g/mol. The molecule has 4 rings (SSSR count). The minimum atomic E-state index is 0.415. The van der Waals surface area contributed by atoms with Crippen molar-refractivity contribution in [2.24, 2.45) is 0 Å². The number of thioether (sulfide) groups is 1. The topological polar surface area (TPSA) is 61.0 Å². The Hall–Kier alpha value is -2.06. The second-order valence-corrected chi connectivity index (χ2v) is 8.39. The van der Waals surface area contributed by atoms with Crippen molar-refractivity contribution >= 4 is 46.3 Å². The van der Waals surface area contributed by atoms with Crippen molar-refractivity contribution in [3.8, 4) is 17.2 Å². The third-order valence-electron chi connectivity index (χ3n) is 3.62. The number of hydrogen-bond donors (Lipinski definition) is 0. The van der Waals surface area contributed by atoms with E-state index in [0.717, 1.165) is 22.0 Å². The molecule has 0 radical (unpaired) electrons. The van der Waals surface area contributed by atoms with Crippen LogP contribution in [0.15, 0.2) is 63.6 Å². The highest BCUT2D eigenvalue weighted by Gasteiger charge is 2.11. The van der Waals surface area contributed by atoms with E-state index in [9.17, 15) is 0 Å². The largest absolute Gasteiger partial charge is 0.486 e. The molecule has 0 amide bonds. The van der Waals surface area contributed by atoms with Gasteiger partial charge < -0.3 is 9.15 Å². The fraction of sp³-hybridized carbons (Fsp3) is 0.105. The van der Waals surface area contributed by atoms with Crippen LogP contribution in [0, 0.1) is 0 Å². The molecule has 0 spiro atoms. The van der Waals surface area contributed by atoms with Gasteiger partial charge in [-0.05, 0) is 48.5 Å². The monoisotopic (exact) mass is 449 g/mol. The van der Waals surface area contributed by atoms with E-state index in [0.29, 0.717) is 33.5 Å². The van der Waals surface area contributed by atoms with Crippen LogP contribution < -0.4 is 4.74 Å². The summed E-state index contributed by atoms with van der Waals surface area (Å²) >= 11 is 14.8. The lowest BCUT2D eigenvalue weighted by Gasteiger charge is -2.03. The van der Waals surface area contributed by atoms with Gasteiger partial charge in [0, 0.05) is 26.7 Å². The molecule has 0 atom stereocenters. The lowest BCUT2D eigenvalue weighted by molar-refractivity contribution is 0.305. The molecule has 9 heteroatoms. The fourth-order valence-corrected chi connectivity index (χ4v) is 3.99. The Bertz CT molecular complexity index is 1050. The Balaban J connectivity index is 1.31. The molecule has 0 aliphatic carbocycles. The maximum Gasteiger partial charge on any atom is 0.277 e. The van der Waals surface area contributed by atoms with Crippen LogP contribution in [-0.2, 0) is 12.4 Å². The van der Waals surface area contributed by atoms with Gasteiger partial charge in [0.15, 0.2) is 0 Å². The number of aromatic nitrogens is 3. The molecule has 0 saturated heterocycles. The molecule has 2 heterocycles. The molecule has 0 fully saturated rings. The van der Waals surface area contributed by atoms with Gasteiger partial charge in [-0.25, -0.2) is 4.98 Å². The molecule has 28 heavy (non-hydrogen) atoms. The summed E-state index contributed by atoms with van der Waals surface area (Å²) in [6.45, 7) is 0.415. The summed E-state index contributed by atoms with van der Waals surface area (Å²) in [4.78, 5) is 4.57. The Labute approximate surface area is 179 Å². The molecule has 0 N–H and O–H groups in total. The maximum atomic E-state index is 5.90. The van der Waals surface area contributed by atoms with E-state index >= 15 is 0 Å². The van der Waals surface area contributed by atoms with Gasteiger partial charge in [0.1, 0.15) is 17.4 Å². The Morgan fingerprint density at radius 1 is 0.964 bits per heavy atom. The van der Waals surface area contributed by atoms with E-state index in [1.54, 1.807) is 35.6 Å². The van der Waals surface area contributed by atoms with Crippen molar-refractivity contribution in [3.63, 3.8) is 0 Å².